The molecule has 1 unspecified atom stereocenters. The van der Waals surface area contributed by atoms with Crippen molar-refractivity contribution in [1.29, 1.82) is 0 Å². The molecule has 0 amide bonds. The first-order valence-electron chi connectivity index (χ1n) is 6.51. The molecule has 116 valence electrons. The Balaban J connectivity index is 3.04. The van der Waals surface area contributed by atoms with Gasteiger partial charge in [-0.05, 0) is 24.0 Å². The topological polar surface area (TPSA) is 92.5 Å². The average molecular weight is 315 g/mol. The Morgan fingerprint density at radius 3 is 2.57 bits per heavy atom. The number of halogens is 1. The van der Waals surface area contributed by atoms with Crippen LogP contribution in [-0.4, -0.2) is 22.0 Å². The highest BCUT2D eigenvalue weighted by molar-refractivity contribution is 6.31. The molecular weight excluding hydrogens is 296 g/mol. The van der Waals surface area contributed by atoms with E-state index < -0.39 is 16.9 Å². The zero-order valence-corrected chi connectivity index (χ0v) is 13.0. The molecule has 0 fully saturated rings. The van der Waals surface area contributed by atoms with Gasteiger partial charge in [0.2, 0.25) is 0 Å². The number of nitrogens with zero attached hydrogens (tertiary/aromatic N) is 1. The van der Waals surface area contributed by atoms with Gasteiger partial charge in [-0.3, -0.25) is 14.9 Å². The first-order valence-corrected chi connectivity index (χ1v) is 6.88. The molecule has 7 heteroatoms. The minimum Gasteiger partial charge on any atom is -0.481 e. The van der Waals surface area contributed by atoms with Crippen molar-refractivity contribution in [2.75, 3.05) is 5.32 Å². The number of anilines is 1. The van der Waals surface area contributed by atoms with Crippen LogP contribution in [0.3, 0.4) is 0 Å². The summed E-state index contributed by atoms with van der Waals surface area (Å²) in [6, 6.07) is 3.76. The van der Waals surface area contributed by atoms with Gasteiger partial charge in [0.05, 0.1) is 11.3 Å². The van der Waals surface area contributed by atoms with Crippen LogP contribution in [0.25, 0.3) is 0 Å². The Bertz CT molecular complexity index is 540. The van der Waals surface area contributed by atoms with Gasteiger partial charge in [0, 0.05) is 17.1 Å². The SMILES string of the molecule is CC(C)(C)CC(CC(=O)O)Nc1cc(Cl)ccc1[N+](=O)[O-]. The number of aliphatic carboxylic acids is 1. The standard InChI is InChI=1S/C14H19ClN2O4/c1-14(2,3)8-10(7-13(18)19)16-11-6-9(15)4-5-12(11)17(20)21/h4-6,10,16H,7-8H2,1-3H3,(H,18,19). The van der Waals surface area contributed by atoms with Crippen molar-refractivity contribution >= 4 is 28.9 Å². The van der Waals surface area contributed by atoms with E-state index in [1.54, 1.807) is 0 Å². The summed E-state index contributed by atoms with van der Waals surface area (Å²) in [4.78, 5) is 21.5. The number of hydrogen-bond acceptors (Lipinski definition) is 4. The average Bonchev–Trinajstić information content (AvgIpc) is 2.24. The zero-order chi connectivity index (χ0) is 16.2. The molecule has 1 rings (SSSR count). The third kappa shape index (κ3) is 5.99. The van der Waals surface area contributed by atoms with Gasteiger partial charge in [-0.1, -0.05) is 32.4 Å². The molecule has 1 aromatic rings. The molecule has 6 nitrogen and oxygen atoms in total. The van der Waals surface area contributed by atoms with Gasteiger partial charge in [-0.15, -0.1) is 0 Å². The van der Waals surface area contributed by atoms with Crippen LogP contribution in [0.4, 0.5) is 11.4 Å². The summed E-state index contributed by atoms with van der Waals surface area (Å²) in [7, 11) is 0. The molecule has 1 aromatic carbocycles. The van der Waals surface area contributed by atoms with Gasteiger partial charge in [-0.25, -0.2) is 0 Å². The van der Waals surface area contributed by atoms with Gasteiger partial charge in [0.1, 0.15) is 5.69 Å². The fraction of sp³-hybridized carbons (Fsp3) is 0.500. The molecule has 0 saturated carbocycles. The molecule has 21 heavy (non-hydrogen) atoms. The predicted molar refractivity (Wildman–Crippen MR) is 81.8 cm³/mol. The predicted octanol–water partition coefficient (Wildman–Crippen LogP) is 3.94. The van der Waals surface area contributed by atoms with Crippen molar-refractivity contribution < 1.29 is 14.8 Å². The largest absolute Gasteiger partial charge is 0.481 e. The molecular formula is C14H19ClN2O4. The van der Waals surface area contributed by atoms with E-state index in [2.05, 4.69) is 5.32 Å². The Kier molecular flexibility index (Phi) is 5.54. The summed E-state index contributed by atoms with van der Waals surface area (Å²) in [5.74, 6) is -0.957. The van der Waals surface area contributed by atoms with Crippen LogP contribution in [0, 0.1) is 15.5 Å². The monoisotopic (exact) mass is 314 g/mol. The molecule has 0 bridgehead atoms. The number of nitro groups is 1. The van der Waals surface area contributed by atoms with E-state index in [0.29, 0.717) is 11.4 Å². The van der Waals surface area contributed by atoms with Crippen LogP contribution in [0.15, 0.2) is 18.2 Å². The van der Waals surface area contributed by atoms with Gasteiger partial charge in [0.15, 0.2) is 0 Å². The molecule has 0 aliphatic heterocycles. The van der Waals surface area contributed by atoms with Crippen LogP contribution in [0.5, 0.6) is 0 Å². The van der Waals surface area contributed by atoms with Crippen molar-refractivity contribution in [2.24, 2.45) is 5.41 Å². The molecule has 0 spiro atoms. The molecule has 0 aromatic heterocycles. The minimum atomic E-state index is -0.957. The van der Waals surface area contributed by atoms with E-state index in [4.69, 9.17) is 16.7 Å². The van der Waals surface area contributed by atoms with E-state index in [1.165, 1.54) is 18.2 Å². The highest BCUT2D eigenvalue weighted by atomic mass is 35.5. The lowest BCUT2D eigenvalue weighted by Crippen LogP contribution is -2.28. The third-order valence-electron chi connectivity index (χ3n) is 2.79. The number of hydrogen-bond donors (Lipinski definition) is 2. The van der Waals surface area contributed by atoms with Crippen LogP contribution >= 0.6 is 11.6 Å². The van der Waals surface area contributed by atoms with E-state index in [9.17, 15) is 14.9 Å². The number of nitro benzene ring substituents is 1. The van der Waals surface area contributed by atoms with Gasteiger partial charge < -0.3 is 10.4 Å². The number of rotatable bonds is 6. The lowest BCUT2D eigenvalue weighted by Gasteiger charge is -2.26. The molecule has 2 N–H and O–H groups in total. The summed E-state index contributed by atoms with van der Waals surface area (Å²) < 4.78 is 0. The van der Waals surface area contributed by atoms with Crippen LogP contribution in [0.1, 0.15) is 33.6 Å². The molecule has 0 aliphatic rings. The second-order valence-electron chi connectivity index (χ2n) is 6.12. The summed E-state index contributed by atoms with van der Waals surface area (Å²) in [6.45, 7) is 5.95. The van der Waals surface area contributed by atoms with E-state index >= 15 is 0 Å². The van der Waals surface area contributed by atoms with Crippen molar-refractivity contribution in [2.45, 2.75) is 39.7 Å². The quantitative estimate of drug-likeness (QED) is 0.613. The maximum absolute atomic E-state index is 11.0. The minimum absolute atomic E-state index is 0.111. The first-order chi connectivity index (χ1) is 9.58. The third-order valence-corrected chi connectivity index (χ3v) is 3.03. The number of carbonyl (C=O) groups is 1. The second kappa shape index (κ2) is 6.76. The fourth-order valence-electron chi connectivity index (χ4n) is 2.13. The molecule has 0 radical (unpaired) electrons. The number of carboxylic acid groups (broad SMARTS) is 1. The Morgan fingerprint density at radius 2 is 2.10 bits per heavy atom. The number of nitrogens with one attached hydrogen (secondary N) is 1. The maximum atomic E-state index is 11.0. The summed E-state index contributed by atoms with van der Waals surface area (Å²) >= 11 is 5.86. The van der Waals surface area contributed by atoms with Crippen LogP contribution in [0.2, 0.25) is 5.02 Å². The van der Waals surface area contributed by atoms with Crippen molar-refractivity contribution in [3.63, 3.8) is 0 Å². The van der Waals surface area contributed by atoms with Crippen LogP contribution in [-0.2, 0) is 4.79 Å². The Hall–Kier alpha value is -1.82. The van der Waals surface area contributed by atoms with Crippen molar-refractivity contribution in [1.82, 2.24) is 0 Å². The fourth-order valence-corrected chi connectivity index (χ4v) is 2.30. The lowest BCUT2D eigenvalue weighted by molar-refractivity contribution is -0.384. The Labute approximate surface area is 128 Å². The molecule has 0 saturated heterocycles. The van der Waals surface area contributed by atoms with E-state index in [1.807, 2.05) is 20.8 Å². The highest BCUT2D eigenvalue weighted by Gasteiger charge is 2.24. The van der Waals surface area contributed by atoms with E-state index in [-0.39, 0.29) is 23.2 Å². The van der Waals surface area contributed by atoms with Crippen molar-refractivity contribution in [3.05, 3.63) is 33.3 Å². The maximum Gasteiger partial charge on any atom is 0.305 e. The normalized spacial score (nSPS) is 12.8. The molecule has 0 heterocycles. The van der Waals surface area contributed by atoms with Gasteiger partial charge in [-0.2, -0.15) is 0 Å². The molecule has 0 aliphatic carbocycles. The van der Waals surface area contributed by atoms with Gasteiger partial charge in [0.25, 0.3) is 5.69 Å². The van der Waals surface area contributed by atoms with Gasteiger partial charge >= 0.3 is 5.97 Å². The smallest absolute Gasteiger partial charge is 0.305 e. The first kappa shape index (κ1) is 17.2. The lowest BCUT2D eigenvalue weighted by atomic mass is 9.87. The second-order valence-corrected chi connectivity index (χ2v) is 6.56. The summed E-state index contributed by atoms with van der Waals surface area (Å²) in [6.07, 6.45) is 0.434. The highest BCUT2D eigenvalue weighted by Crippen LogP contribution is 2.31. The van der Waals surface area contributed by atoms with E-state index in [0.717, 1.165) is 0 Å². The number of benzene rings is 1. The number of carboxylic acids is 1. The van der Waals surface area contributed by atoms with Crippen LogP contribution < -0.4 is 5.32 Å². The Morgan fingerprint density at radius 1 is 1.48 bits per heavy atom. The summed E-state index contributed by atoms with van der Waals surface area (Å²) in [5, 5.41) is 23.3. The summed E-state index contributed by atoms with van der Waals surface area (Å²) in [5.41, 5.74) is 0.00667. The molecule has 1 atom stereocenters. The van der Waals surface area contributed by atoms with Crippen molar-refractivity contribution in [3.8, 4) is 0 Å². The zero-order valence-electron chi connectivity index (χ0n) is 12.2.